The fourth-order valence-electron chi connectivity index (χ4n) is 3.31. The first kappa shape index (κ1) is 19.4. The summed E-state index contributed by atoms with van der Waals surface area (Å²) in [5.41, 5.74) is 4.23. The van der Waals surface area contributed by atoms with Gasteiger partial charge in [0.25, 0.3) is 5.56 Å². The predicted molar refractivity (Wildman–Crippen MR) is 119 cm³/mol. The highest BCUT2D eigenvalue weighted by Gasteiger charge is 2.19. The number of hydrogen-bond acceptors (Lipinski definition) is 4. The van der Waals surface area contributed by atoms with E-state index in [1.165, 1.54) is 4.68 Å². The Morgan fingerprint density at radius 1 is 1.03 bits per heavy atom. The number of aliphatic imine (C=N–C) groups is 1. The molecule has 0 aliphatic carbocycles. The van der Waals surface area contributed by atoms with Crippen molar-refractivity contribution in [1.29, 1.82) is 0 Å². The number of nitrogens with zero attached hydrogens (tertiary/aromatic N) is 3. The first-order valence-corrected chi connectivity index (χ1v) is 9.60. The Labute approximate surface area is 174 Å². The molecule has 0 unspecified atom stereocenters. The van der Waals surface area contributed by atoms with E-state index in [-0.39, 0.29) is 5.56 Å². The molecule has 0 aliphatic heterocycles. The molecule has 30 heavy (non-hydrogen) atoms. The van der Waals surface area contributed by atoms with Gasteiger partial charge in [0.1, 0.15) is 5.75 Å². The fraction of sp³-hybridized carbons (Fsp3) is 0.125. The van der Waals surface area contributed by atoms with Gasteiger partial charge >= 0.3 is 0 Å². The van der Waals surface area contributed by atoms with Crippen LogP contribution in [0.25, 0.3) is 16.9 Å². The number of pyridine rings is 1. The maximum Gasteiger partial charge on any atom is 0.280 e. The predicted octanol–water partition coefficient (Wildman–Crippen LogP) is 4.69. The smallest absolute Gasteiger partial charge is 0.280 e. The van der Waals surface area contributed by atoms with Crippen molar-refractivity contribution in [3.63, 3.8) is 0 Å². The third-order valence-electron chi connectivity index (χ3n) is 4.90. The molecule has 6 heteroatoms. The van der Waals surface area contributed by atoms with Crippen molar-refractivity contribution in [2.24, 2.45) is 4.99 Å². The lowest BCUT2D eigenvalue weighted by Gasteiger charge is -2.04. The van der Waals surface area contributed by atoms with E-state index in [0.29, 0.717) is 28.5 Å². The topological polar surface area (TPSA) is 72.3 Å². The molecule has 0 spiro atoms. The Morgan fingerprint density at radius 2 is 1.77 bits per heavy atom. The molecule has 150 valence electrons. The monoisotopic (exact) mass is 398 g/mol. The first-order valence-electron chi connectivity index (χ1n) is 9.60. The summed E-state index contributed by atoms with van der Waals surface area (Å²) in [6.45, 7) is 3.79. The van der Waals surface area contributed by atoms with E-state index in [0.717, 1.165) is 16.9 Å². The van der Waals surface area contributed by atoms with Crippen molar-refractivity contribution in [2.45, 2.75) is 13.8 Å². The van der Waals surface area contributed by atoms with Gasteiger partial charge in [-0.25, -0.2) is 14.7 Å². The van der Waals surface area contributed by atoms with Crippen molar-refractivity contribution in [3.05, 3.63) is 94.4 Å². The Kier molecular flexibility index (Phi) is 5.30. The molecule has 6 nitrogen and oxygen atoms in total. The molecule has 0 saturated carbocycles. The summed E-state index contributed by atoms with van der Waals surface area (Å²) in [6.07, 6.45) is 1.70. The number of methoxy groups -OCH3 is 1. The minimum absolute atomic E-state index is 0.172. The van der Waals surface area contributed by atoms with Gasteiger partial charge < -0.3 is 4.74 Å². The van der Waals surface area contributed by atoms with Gasteiger partial charge in [-0.05, 0) is 49.7 Å². The van der Waals surface area contributed by atoms with Crippen LogP contribution in [0.15, 0.2) is 82.7 Å². The van der Waals surface area contributed by atoms with Gasteiger partial charge in [-0.3, -0.25) is 9.89 Å². The van der Waals surface area contributed by atoms with Crippen LogP contribution in [0.2, 0.25) is 0 Å². The Balaban J connectivity index is 1.91. The van der Waals surface area contributed by atoms with Gasteiger partial charge in [-0.2, -0.15) is 0 Å². The second kappa shape index (κ2) is 8.21. The average molecular weight is 398 g/mol. The molecule has 0 atom stereocenters. The molecule has 4 aromatic rings. The van der Waals surface area contributed by atoms with Crippen LogP contribution in [0.1, 0.15) is 18.1 Å². The highest BCUT2D eigenvalue weighted by Crippen LogP contribution is 2.24. The molecule has 2 aromatic heterocycles. The number of aromatic amines is 1. The number of rotatable bonds is 5. The summed E-state index contributed by atoms with van der Waals surface area (Å²) in [5.74, 6) is 1.33. The highest BCUT2D eigenvalue weighted by atomic mass is 16.5. The summed E-state index contributed by atoms with van der Waals surface area (Å²) >= 11 is 0. The summed E-state index contributed by atoms with van der Waals surface area (Å²) < 4.78 is 6.75. The van der Waals surface area contributed by atoms with Crippen LogP contribution in [-0.2, 0) is 0 Å². The summed E-state index contributed by atoms with van der Waals surface area (Å²) in [7, 11) is 1.61. The Hall–Kier alpha value is -3.93. The molecule has 0 saturated heterocycles. The van der Waals surface area contributed by atoms with E-state index < -0.39 is 0 Å². The minimum Gasteiger partial charge on any atom is -0.497 e. The van der Waals surface area contributed by atoms with Crippen LogP contribution in [0.5, 0.6) is 5.75 Å². The van der Waals surface area contributed by atoms with E-state index in [9.17, 15) is 4.79 Å². The minimum atomic E-state index is -0.172. The largest absolute Gasteiger partial charge is 0.497 e. The molecule has 2 aromatic carbocycles. The quantitative estimate of drug-likeness (QED) is 0.496. The van der Waals surface area contributed by atoms with Crippen LogP contribution in [0, 0.1) is 6.92 Å². The van der Waals surface area contributed by atoms with E-state index in [4.69, 9.17) is 4.74 Å². The number of benzene rings is 2. The molecule has 0 amide bonds. The second-order valence-electron chi connectivity index (χ2n) is 6.91. The number of aromatic nitrogens is 3. The first-order chi connectivity index (χ1) is 14.6. The molecular formula is C24H22N4O2. The highest BCUT2D eigenvalue weighted by molar-refractivity contribution is 6.04. The van der Waals surface area contributed by atoms with Crippen LogP contribution in [-0.4, -0.2) is 27.6 Å². The second-order valence-corrected chi connectivity index (χ2v) is 6.91. The van der Waals surface area contributed by atoms with Crippen LogP contribution < -0.4 is 10.3 Å². The molecule has 4 rings (SSSR count). The summed E-state index contributed by atoms with van der Waals surface area (Å²) in [5, 5.41) is 3.26. The Morgan fingerprint density at radius 3 is 2.43 bits per heavy atom. The molecule has 2 heterocycles. The standard InChI is InChI=1S/C24H22N4O2/c1-16-8-7-15-25-23(16)26-17(2)21-22(18-9-5-4-6-10-18)27-28(24(21)29)19-11-13-20(30-3)14-12-19/h4-15,27H,1-3H3. The van der Waals surface area contributed by atoms with Crippen molar-refractivity contribution in [1.82, 2.24) is 14.8 Å². The van der Waals surface area contributed by atoms with Gasteiger partial charge in [-0.15, -0.1) is 0 Å². The zero-order valence-electron chi connectivity index (χ0n) is 17.1. The molecule has 1 N–H and O–H groups in total. The van der Waals surface area contributed by atoms with Gasteiger partial charge in [-0.1, -0.05) is 36.4 Å². The number of hydrogen-bond donors (Lipinski definition) is 1. The summed E-state index contributed by atoms with van der Waals surface area (Å²) in [4.78, 5) is 22.4. The van der Waals surface area contributed by atoms with Crippen LogP contribution in [0.3, 0.4) is 0 Å². The molecule has 0 radical (unpaired) electrons. The molecule has 0 fully saturated rings. The SMILES string of the molecule is COc1ccc(-n2[nH]c(-c3ccccc3)c(C(C)=Nc3ncccc3C)c2=O)cc1. The fourth-order valence-corrected chi connectivity index (χ4v) is 3.31. The van der Waals surface area contributed by atoms with Crippen molar-refractivity contribution in [3.8, 4) is 22.7 Å². The van der Waals surface area contributed by atoms with Crippen LogP contribution >= 0.6 is 0 Å². The molecule has 0 aliphatic rings. The third-order valence-corrected chi connectivity index (χ3v) is 4.90. The van der Waals surface area contributed by atoms with E-state index in [1.54, 1.807) is 13.3 Å². The lowest BCUT2D eigenvalue weighted by atomic mass is 10.1. The van der Waals surface area contributed by atoms with Gasteiger partial charge in [0, 0.05) is 11.8 Å². The molecule has 0 bridgehead atoms. The van der Waals surface area contributed by atoms with Gasteiger partial charge in [0.15, 0.2) is 5.82 Å². The van der Waals surface area contributed by atoms with E-state index in [1.807, 2.05) is 80.6 Å². The zero-order valence-corrected chi connectivity index (χ0v) is 17.1. The van der Waals surface area contributed by atoms with Crippen LogP contribution in [0.4, 0.5) is 5.82 Å². The number of H-pyrrole nitrogens is 1. The maximum atomic E-state index is 13.4. The average Bonchev–Trinajstić information content (AvgIpc) is 3.13. The normalized spacial score (nSPS) is 11.5. The van der Waals surface area contributed by atoms with Gasteiger partial charge in [0.05, 0.1) is 29.8 Å². The van der Waals surface area contributed by atoms with E-state index >= 15 is 0 Å². The van der Waals surface area contributed by atoms with Gasteiger partial charge in [0.2, 0.25) is 0 Å². The lowest BCUT2D eigenvalue weighted by Crippen LogP contribution is -2.19. The number of ether oxygens (including phenoxy) is 1. The van der Waals surface area contributed by atoms with Crippen molar-refractivity contribution in [2.75, 3.05) is 7.11 Å². The third kappa shape index (κ3) is 3.67. The van der Waals surface area contributed by atoms with Crippen molar-refractivity contribution < 1.29 is 4.74 Å². The zero-order chi connectivity index (χ0) is 21.1. The Bertz CT molecular complexity index is 1250. The van der Waals surface area contributed by atoms with E-state index in [2.05, 4.69) is 15.1 Å². The number of nitrogens with one attached hydrogen (secondary N) is 1. The van der Waals surface area contributed by atoms with Crippen molar-refractivity contribution >= 4 is 11.5 Å². The number of aryl methyl sites for hydroxylation is 1. The summed E-state index contributed by atoms with van der Waals surface area (Å²) in [6, 6.07) is 20.9. The maximum absolute atomic E-state index is 13.4. The lowest BCUT2D eigenvalue weighted by molar-refractivity contribution is 0.414. The molecular weight excluding hydrogens is 376 g/mol.